The minimum Gasteiger partial charge on any atom is -0.0776 e. The lowest BCUT2D eigenvalue weighted by Crippen LogP contribution is -1.93. The molecular formula is C61H42. The van der Waals surface area contributed by atoms with Crippen LogP contribution in [0.5, 0.6) is 0 Å². The molecular weight excluding hydrogens is 733 g/mol. The number of rotatable bonds is 4. The first-order chi connectivity index (χ1) is 29.6. The Kier molecular flexibility index (Phi) is 7.68. The second-order valence-electron chi connectivity index (χ2n) is 16.8. The second-order valence-corrected chi connectivity index (χ2v) is 16.8. The SMILES string of the molecule is C.Cc1cccc(C)c1-c1ccc2cc3c4c(-c5ccccc5)c5c(cc6c7ccccc7c7cccc5c76)c(-c5ccccc5-c5ccccc5)c4c4cccc(c2c1)c43. The molecule has 286 valence electrons. The highest BCUT2D eigenvalue weighted by Crippen LogP contribution is 2.56. The van der Waals surface area contributed by atoms with E-state index in [-0.39, 0.29) is 7.43 Å². The van der Waals surface area contributed by atoms with Crippen molar-refractivity contribution in [3.63, 3.8) is 0 Å². The number of benzene rings is 11. The predicted octanol–water partition coefficient (Wildman–Crippen LogP) is 17.7. The van der Waals surface area contributed by atoms with Gasteiger partial charge in [0.05, 0.1) is 0 Å². The molecule has 0 aliphatic heterocycles. The van der Waals surface area contributed by atoms with Crippen molar-refractivity contribution in [2.45, 2.75) is 21.3 Å². The molecule has 61 heavy (non-hydrogen) atoms. The van der Waals surface area contributed by atoms with Gasteiger partial charge in [-0.1, -0.05) is 183 Å². The largest absolute Gasteiger partial charge is 0.0776 e. The average Bonchev–Trinajstić information content (AvgIpc) is 3.80. The van der Waals surface area contributed by atoms with E-state index in [2.05, 4.69) is 208 Å². The van der Waals surface area contributed by atoms with Crippen molar-refractivity contribution in [2.75, 3.05) is 0 Å². The Morgan fingerprint density at radius 2 is 0.770 bits per heavy atom. The minimum absolute atomic E-state index is 0. The number of hydrogen-bond donors (Lipinski definition) is 0. The molecule has 0 amide bonds. The number of aryl methyl sites for hydroxylation is 2. The molecule has 0 radical (unpaired) electrons. The lowest BCUT2D eigenvalue weighted by Gasteiger charge is -2.20. The normalized spacial score (nSPS) is 12.0. The van der Waals surface area contributed by atoms with E-state index >= 15 is 0 Å². The van der Waals surface area contributed by atoms with E-state index in [1.165, 1.54) is 142 Å². The first kappa shape index (κ1) is 35.4. The third-order valence-corrected chi connectivity index (χ3v) is 13.6. The summed E-state index contributed by atoms with van der Waals surface area (Å²) in [6, 6.07) is 73.1. The van der Waals surface area contributed by atoms with Crippen molar-refractivity contribution < 1.29 is 0 Å². The van der Waals surface area contributed by atoms with Crippen molar-refractivity contribution in [3.8, 4) is 44.5 Å². The third-order valence-electron chi connectivity index (χ3n) is 13.6. The van der Waals surface area contributed by atoms with E-state index in [0.29, 0.717) is 0 Å². The molecule has 0 saturated heterocycles. The predicted molar refractivity (Wildman–Crippen MR) is 267 cm³/mol. The van der Waals surface area contributed by atoms with Gasteiger partial charge in [-0.05, 0) is 174 Å². The van der Waals surface area contributed by atoms with Crippen LogP contribution < -0.4 is 0 Å². The Hall–Kier alpha value is -7.54. The van der Waals surface area contributed by atoms with Crippen molar-refractivity contribution in [1.29, 1.82) is 0 Å². The van der Waals surface area contributed by atoms with E-state index in [1.807, 2.05) is 0 Å². The van der Waals surface area contributed by atoms with Crippen LogP contribution in [0.15, 0.2) is 194 Å². The maximum Gasteiger partial charge on any atom is -0.000697 e. The smallest absolute Gasteiger partial charge is 0.000697 e. The van der Waals surface area contributed by atoms with Gasteiger partial charge in [-0.3, -0.25) is 0 Å². The second kappa shape index (κ2) is 13.2. The molecule has 0 fully saturated rings. The van der Waals surface area contributed by atoms with Crippen LogP contribution in [0.4, 0.5) is 0 Å². The fourth-order valence-electron chi connectivity index (χ4n) is 11.2. The number of fused-ring (bicyclic) bond motifs is 10. The van der Waals surface area contributed by atoms with Gasteiger partial charge < -0.3 is 0 Å². The molecule has 13 rings (SSSR count). The zero-order valence-corrected chi connectivity index (χ0v) is 33.5. The first-order valence-corrected chi connectivity index (χ1v) is 21.1. The molecule has 0 heterocycles. The fraction of sp³-hybridized carbons (Fsp3) is 0.0492. The van der Waals surface area contributed by atoms with Crippen molar-refractivity contribution in [2.24, 2.45) is 0 Å². The molecule has 0 spiro atoms. The molecule has 0 heteroatoms. The molecule has 0 atom stereocenters. The Morgan fingerprint density at radius 1 is 0.246 bits per heavy atom. The maximum absolute atomic E-state index is 2.55. The highest BCUT2D eigenvalue weighted by molar-refractivity contribution is 6.46. The van der Waals surface area contributed by atoms with E-state index in [9.17, 15) is 0 Å². The van der Waals surface area contributed by atoms with Gasteiger partial charge in [0.15, 0.2) is 0 Å². The Balaban J connectivity index is 0.00000399. The van der Waals surface area contributed by atoms with Crippen LogP contribution in [0, 0.1) is 13.8 Å². The fourth-order valence-corrected chi connectivity index (χ4v) is 11.2. The number of hydrogen-bond acceptors (Lipinski definition) is 0. The standard InChI is InChI=1S/C60H38.CH4/c1-35-16-13-17-36(2)53(35)40-31-30-39-32-51-56-46(49(39)33-40)27-15-29-48(56)59-57(44-25-12-9-22-41(44)37-18-5-3-6-19-37)52-34-50-43-24-11-10-23-42(43)45-26-14-28-47(55(45)50)58(52)54(60(51)59)38-20-7-4-8-21-38;/h3-34H,1-2H3;1H4. The van der Waals surface area contributed by atoms with Crippen LogP contribution in [0.2, 0.25) is 0 Å². The molecule has 13 aromatic carbocycles. The molecule has 13 aromatic rings. The molecule has 0 N–H and O–H groups in total. The van der Waals surface area contributed by atoms with E-state index in [1.54, 1.807) is 0 Å². The summed E-state index contributed by atoms with van der Waals surface area (Å²) in [4.78, 5) is 0. The molecule has 0 aromatic heterocycles. The van der Waals surface area contributed by atoms with Crippen LogP contribution in [0.3, 0.4) is 0 Å². The Morgan fingerprint density at radius 3 is 1.49 bits per heavy atom. The van der Waals surface area contributed by atoms with Gasteiger partial charge in [-0.15, -0.1) is 0 Å². The Bertz CT molecular complexity index is 3850. The monoisotopic (exact) mass is 774 g/mol. The average molecular weight is 775 g/mol. The summed E-state index contributed by atoms with van der Waals surface area (Å²) in [5.74, 6) is 0. The summed E-state index contributed by atoms with van der Waals surface area (Å²) in [6.07, 6.45) is 0. The van der Waals surface area contributed by atoms with Crippen molar-refractivity contribution >= 4 is 86.2 Å². The summed E-state index contributed by atoms with van der Waals surface area (Å²) in [6.45, 7) is 4.47. The summed E-state index contributed by atoms with van der Waals surface area (Å²) in [5, 5.41) is 21.0. The molecule has 0 bridgehead atoms. The third kappa shape index (κ3) is 4.88. The van der Waals surface area contributed by atoms with Gasteiger partial charge in [-0.2, -0.15) is 0 Å². The van der Waals surface area contributed by atoms with Gasteiger partial charge in [0.2, 0.25) is 0 Å². The van der Waals surface area contributed by atoms with Gasteiger partial charge >= 0.3 is 0 Å². The minimum atomic E-state index is 0. The maximum atomic E-state index is 2.55. The quantitative estimate of drug-likeness (QED) is 0.156. The van der Waals surface area contributed by atoms with Crippen molar-refractivity contribution in [3.05, 3.63) is 205 Å². The van der Waals surface area contributed by atoms with Crippen LogP contribution in [0.1, 0.15) is 18.6 Å². The molecule has 0 aliphatic rings. The lowest BCUT2D eigenvalue weighted by molar-refractivity contribution is 1.38. The molecule has 0 saturated carbocycles. The molecule has 0 unspecified atom stereocenters. The topological polar surface area (TPSA) is 0 Å². The van der Waals surface area contributed by atoms with E-state index < -0.39 is 0 Å². The highest BCUT2D eigenvalue weighted by Gasteiger charge is 2.28. The van der Waals surface area contributed by atoms with E-state index in [4.69, 9.17) is 0 Å². The molecule has 0 aliphatic carbocycles. The van der Waals surface area contributed by atoms with Crippen LogP contribution >= 0.6 is 0 Å². The highest BCUT2D eigenvalue weighted by atomic mass is 14.3. The van der Waals surface area contributed by atoms with Crippen LogP contribution in [-0.4, -0.2) is 0 Å². The van der Waals surface area contributed by atoms with E-state index in [0.717, 1.165) is 0 Å². The van der Waals surface area contributed by atoms with Gasteiger partial charge in [0.25, 0.3) is 0 Å². The summed E-state index contributed by atoms with van der Waals surface area (Å²) >= 11 is 0. The van der Waals surface area contributed by atoms with Crippen molar-refractivity contribution in [1.82, 2.24) is 0 Å². The zero-order valence-electron chi connectivity index (χ0n) is 33.5. The van der Waals surface area contributed by atoms with Gasteiger partial charge in [0, 0.05) is 0 Å². The van der Waals surface area contributed by atoms with Crippen LogP contribution in [-0.2, 0) is 0 Å². The van der Waals surface area contributed by atoms with Gasteiger partial charge in [-0.25, -0.2) is 0 Å². The zero-order chi connectivity index (χ0) is 39.6. The summed E-state index contributed by atoms with van der Waals surface area (Å²) in [7, 11) is 0. The lowest BCUT2D eigenvalue weighted by atomic mass is 9.82. The Labute approximate surface area is 355 Å². The first-order valence-electron chi connectivity index (χ1n) is 21.1. The summed E-state index contributed by atoms with van der Waals surface area (Å²) < 4.78 is 0. The van der Waals surface area contributed by atoms with Crippen LogP contribution in [0.25, 0.3) is 131 Å². The summed E-state index contributed by atoms with van der Waals surface area (Å²) in [5.41, 5.74) is 12.8. The van der Waals surface area contributed by atoms with Gasteiger partial charge in [0.1, 0.15) is 0 Å². The molecule has 0 nitrogen and oxygen atoms in total.